The smallest absolute Gasteiger partial charge is 0.410 e. The minimum atomic E-state index is -0.417. The van der Waals surface area contributed by atoms with Crippen molar-refractivity contribution in [2.75, 3.05) is 58.9 Å². The molecule has 0 aliphatic carbocycles. The Morgan fingerprint density at radius 2 is 1.67 bits per heavy atom. The highest BCUT2D eigenvalue weighted by atomic mass is 16.6. The average Bonchev–Trinajstić information content (AvgIpc) is 2.90. The number of piperazine rings is 1. The van der Waals surface area contributed by atoms with Gasteiger partial charge in [-0.15, -0.1) is 0 Å². The molecule has 27 heavy (non-hydrogen) atoms. The van der Waals surface area contributed by atoms with Gasteiger partial charge in [0, 0.05) is 45.3 Å². The lowest BCUT2D eigenvalue weighted by Crippen LogP contribution is -2.59. The number of nitrogens with one attached hydrogen (secondary N) is 1. The first-order valence-corrected chi connectivity index (χ1v) is 11.1. The molecule has 2 unspecified atom stereocenters. The van der Waals surface area contributed by atoms with Crippen molar-refractivity contribution in [3.05, 3.63) is 0 Å². The van der Waals surface area contributed by atoms with Crippen LogP contribution in [0.25, 0.3) is 0 Å². The minimum absolute atomic E-state index is 0.162. The van der Waals surface area contributed by atoms with Crippen LogP contribution in [0.4, 0.5) is 4.79 Å². The number of nitrogens with zero attached hydrogens (tertiary/aromatic N) is 3. The van der Waals surface area contributed by atoms with Gasteiger partial charge in [0.15, 0.2) is 0 Å². The largest absolute Gasteiger partial charge is 0.444 e. The molecule has 3 rings (SSSR count). The van der Waals surface area contributed by atoms with Crippen molar-refractivity contribution in [2.45, 2.75) is 64.5 Å². The summed E-state index contributed by atoms with van der Waals surface area (Å²) in [6, 6.07) is 0.600. The lowest BCUT2D eigenvalue weighted by molar-refractivity contribution is 0.00224. The third kappa shape index (κ3) is 6.33. The van der Waals surface area contributed by atoms with Crippen molar-refractivity contribution in [1.29, 1.82) is 0 Å². The van der Waals surface area contributed by atoms with E-state index in [0.29, 0.717) is 6.04 Å². The van der Waals surface area contributed by atoms with E-state index in [1.165, 1.54) is 51.7 Å². The van der Waals surface area contributed by atoms with E-state index in [1.54, 1.807) is 0 Å². The van der Waals surface area contributed by atoms with Gasteiger partial charge in [-0.05, 0) is 65.6 Å². The van der Waals surface area contributed by atoms with Crippen LogP contribution in [0.15, 0.2) is 0 Å². The van der Waals surface area contributed by atoms with Gasteiger partial charge in [0.2, 0.25) is 0 Å². The summed E-state index contributed by atoms with van der Waals surface area (Å²) >= 11 is 0. The molecule has 1 amide bonds. The normalized spacial score (nSPS) is 29.4. The zero-order valence-corrected chi connectivity index (χ0v) is 17.7. The number of carbonyl (C=O) groups excluding carboxylic acids is 1. The number of rotatable bonds is 3. The van der Waals surface area contributed by atoms with Crippen LogP contribution in [0, 0.1) is 5.92 Å². The van der Waals surface area contributed by atoms with Crippen LogP contribution in [-0.4, -0.2) is 91.3 Å². The van der Waals surface area contributed by atoms with Gasteiger partial charge in [-0.1, -0.05) is 12.8 Å². The predicted molar refractivity (Wildman–Crippen MR) is 109 cm³/mol. The first kappa shape index (κ1) is 20.9. The quantitative estimate of drug-likeness (QED) is 0.815. The molecule has 0 bridgehead atoms. The van der Waals surface area contributed by atoms with Gasteiger partial charge in [-0.2, -0.15) is 0 Å². The molecule has 156 valence electrons. The molecule has 0 aromatic heterocycles. The second-order valence-corrected chi connectivity index (χ2v) is 9.54. The number of carbonyl (C=O) groups is 1. The van der Waals surface area contributed by atoms with Crippen LogP contribution in [0.3, 0.4) is 0 Å². The van der Waals surface area contributed by atoms with E-state index in [2.05, 4.69) is 15.1 Å². The van der Waals surface area contributed by atoms with Gasteiger partial charge in [-0.3, -0.25) is 4.90 Å². The molecule has 3 saturated heterocycles. The molecule has 1 N–H and O–H groups in total. The van der Waals surface area contributed by atoms with Crippen LogP contribution >= 0.6 is 0 Å². The van der Waals surface area contributed by atoms with Crippen molar-refractivity contribution in [3.8, 4) is 0 Å². The van der Waals surface area contributed by atoms with Gasteiger partial charge in [-0.25, -0.2) is 4.79 Å². The summed E-state index contributed by atoms with van der Waals surface area (Å²) in [6.45, 7) is 15.3. The Bertz CT molecular complexity index is 463. The molecule has 0 aromatic rings. The summed E-state index contributed by atoms with van der Waals surface area (Å²) in [5.74, 6) is 0.748. The van der Waals surface area contributed by atoms with E-state index < -0.39 is 5.60 Å². The minimum Gasteiger partial charge on any atom is -0.444 e. The molecule has 3 heterocycles. The number of amides is 1. The third-order valence-corrected chi connectivity index (χ3v) is 6.22. The third-order valence-electron chi connectivity index (χ3n) is 6.22. The average molecular weight is 381 g/mol. The first-order valence-electron chi connectivity index (χ1n) is 11.1. The van der Waals surface area contributed by atoms with Gasteiger partial charge in [0.05, 0.1) is 0 Å². The summed E-state index contributed by atoms with van der Waals surface area (Å²) in [7, 11) is 0. The summed E-state index contributed by atoms with van der Waals surface area (Å²) in [4.78, 5) is 19.5. The van der Waals surface area contributed by atoms with Crippen molar-refractivity contribution < 1.29 is 9.53 Å². The van der Waals surface area contributed by atoms with Crippen LogP contribution < -0.4 is 5.32 Å². The monoisotopic (exact) mass is 380 g/mol. The second-order valence-electron chi connectivity index (χ2n) is 9.54. The molecule has 0 radical (unpaired) electrons. The lowest BCUT2D eigenvalue weighted by atomic mass is 9.90. The Kier molecular flexibility index (Phi) is 7.40. The highest BCUT2D eigenvalue weighted by Crippen LogP contribution is 2.23. The van der Waals surface area contributed by atoms with Crippen molar-refractivity contribution in [3.63, 3.8) is 0 Å². The van der Waals surface area contributed by atoms with E-state index in [0.717, 1.165) is 45.2 Å². The zero-order chi connectivity index (χ0) is 19.3. The zero-order valence-electron chi connectivity index (χ0n) is 17.7. The molecule has 6 heteroatoms. The summed E-state index contributed by atoms with van der Waals surface area (Å²) < 4.78 is 5.54. The van der Waals surface area contributed by atoms with E-state index in [9.17, 15) is 4.79 Å². The molecular formula is C21H40N4O2. The fourth-order valence-corrected chi connectivity index (χ4v) is 4.75. The van der Waals surface area contributed by atoms with Crippen LogP contribution in [0.1, 0.15) is 52.9 Å². The maximum absolute atomic E-state index is 12.3. The lowest BCUT2D eigenvalue weighted by Gasteiger charge is -2.45. The topological polar surface area (TPSA) is 48.1 Å². The van der Waals surface area contributed by atoms with Gasteiger partial charge in [0.1, 0.15) is 5.60 Å². The predicted octanol–water partition coefficient (Wildman–Crippen LogP) is 2.39. The van der Waals surface area contributed by atoms with Gasteiger partial charge < -0.3 is 19.9 Å². The van der Waals surface area contributed by atoms with Crippen molar-refractivity contribution >= 4 is 6.09 Å². The first-order chi connectivity index (χ1) is 12.9. The Labute approximate surface area is 165 Å². The molecule has 6 nitrogen and oxygen atoms in total. The molecule has 0 spiro atoms. The fraction of sp³-hybridized carbons (Fsp3) is 0.952. The number of hydrogen-bond donors (Lipinski definition) is 1. The SMILES string of the molecule is CC(C)(C)OC(=O)N1CCN(C2CNCCC2CN2CCCCCC2)CC1. The molecular weight excluding hydrogens is 340 g/mol. The van der Waals surface area contributed by atoms with E-state index in [1.807, 2.05) is 25.7 Å². The Hall–Kier alpha value is -0.850. The maximum atomic E-state index is 12.3. The standard InChI is InChI=1S/C21H40N4O2/c1-21(2,3)27-20(26)25-14-12-24(13-15-25)19-16-22-9-8-18(19)17-23-10-6-4-5-7-11-23/h18-19,22H,4-17H2,1-3H3. The second kappa shape index (κ2) is 9.57. The number of ether oxygens (including phenoxy) is 1. The van der Waals surface area contributed by atoms with Gasteiger partial charge in [0.25, 0.3) is 0 Å². The summed E-state index contributed by atoms with van der Waals surface area (Å²) in [5.41, 5.74) is -0.417. The van der Waals surface area contributed by atoms with Crippen LogP contribution in [0.5, 0.6) is 0 Å². The molecule has 3 aliphatic heterocycles. The number of hydrogen-bond acceptors (Lipinski definition) is 5. The highest BCUT2D eigenvalue weighted by Gasteiger charge is 2.34. The van der Waals surface area contributed by atoms with E-state index in [4.69, 9.17) is 4.74 Å². The Balaban J connectivity index is 1.51. The maximum Gasteiger partial charge on any atom is 0.410 e. The molecule has 0 saturated carbocycles. The summed E-state index contributed by atoms with van der Waals surface area (Å²) in [5, 5.41) is 3.61. The fourth-order valence-electron chi connectivity index (χ4n) is 4.75. The Morgan fingerprint density at radius 3 is 2.30 bits per heavy atom. The van der Waals surface area contributed by atoms with Crippen molar-refractivity contribution in [2.24, 2.45) is 5.92 Å². The van der Waals surface area contributed by atoms with Crippen LogP contribution in [-0.2, 0) is 4.74 Å². The van der Waals surface area contributed by atoms with Crippen molar-refractivity contribution in [1.82, 2.24) is 20.0 Å². The van der Waals surface area contributed by atoms with E-state index >= 15 is 0 Å². The van der Waals surface area contributed by atoms with Gasteiger partial charge >= 0.3 is 6.09 Å². The molecule has 3 aliphatic rings. The van der Waals surface area contributed by atoms with Crippen LogP contribution in [0.2, 0.25) is 0 Å². The Morgan fingerprint density at radius 1 is 1.00 bits per heavy atom. The summed E-state index contributed by atoms with van der Waals surface area (Å²) in [6.07, 6.45) is 6.64. The molecule has 0 aromatic carbocycles. The van der Waals surface area contributed by atoms with E-state index in [-0.39, 0.29) is 6.09 Å². The number of piperidine rings is 1. The molecule has 3 fully saturated rings. The highest BCUT2D eigenvalue weighted by molar-refractivity contribution is 5.68. The molecule has 2 atom stereocenters. The number of likely N-dealkylation sites (tertiary alicyclic amines) is 1.